The molecule has 0 radical (unpaired) electrons. The first-order valence-corrected chi connectivity index (χ1v) is 4.74. The molecule has 10 heavy (non-hydrogen) atoms. The molecule has 1 rings (SSSR count). The standard InChI is InChI=1S/C6H13NO2P/c1-9-10(8)7-5-3-2-4-6-7/h2-6H2,1H3/q+1. The van der Waals surface area contributed by atoms with Gasteiger partial charge in [0, 0.05) is 13.1 Å². The average Bonchev–Trinajstić information content (AvgIpc) is 2.05. The predicted octanol–water partition coefficient (Wildman–Crippen LogP) is 1.78. The smallest absolute Gasteiger partial charge is 0.133 e. The van der Waals surface area contributed by atoms with Crippen LogP contribution in [0.2, 0.25) is 0 Å². The van der Waals surface area contributed by atoms with Crippen molar-refractivity contribution in [2.75, 3.05) is 20.2 Å². The van der Waals surface area contributed by atoms with E-state index in [-0.39, 0.29) is 0 Å². The summed E-state index contributed by atoms with van der Waals surface area (Å²) in [6, 6.07) is 0. The summed E-state index contributed by atoms with van der Waals surface area (Å²) in [4.78, 5) is 0. The van der Waals surface area contributed by atoms with Crippen LogP contribution in [-0.2, 0) is 9.09 Å². The third-order valence-corrected chi connectivity index (χ3v) is 2.89. The van der Waals surface area contributed by atoms with Crippen molar-refractivity contribution in [3.05, 3.63) is 0 Å². The van der Waals surface area contributed by atoms with Gasteiger partial charge in [-0.1, -0.05) is 11.1 Å². The Morgan fingerprint density at radius 3 is 2.40 bits per heavy atom. The molecule has 1 unspecified atom stereocenters. The molecule has 1 atom stereocenters. The molecule has 58 valence electrons. The maximum atomic E-state index is 11.0. The van der Waals surface area contributed by atoms with Crippen LogP contribution in [-0.4, -0.2) is 24.9 Å². The van der Waals surface area contributed by atoms with Crippen LogP contribution in [0.4, 0.5) is 0 Å². The first-order chi connectivity index (χ1) is 4.84. The molecule has 1 aliphatic heterocycles. The van der Waals surface area contributed by atoms with Gasteiger partial charge in [0.25, 0.3) is 0 Å². The molecule has 0 bridgehead atoms. The molecule has 1 fully saturated rings. The Balaban J connectivity index is 2.31. The normalized spacial score (nSPS) is 22.7. The lowest BCUT2D eigenvalue weighted by Gasteiger charge is -2.13. The third kappa shape index (κ3) is 2.01. The molecule has 1 saturated heterocycles. The van der Waals surface area contributed by atoms with Gasteiger partial charge in [-0.25, -0.2) is 0 Å². The largest absolute Gasteiger partial charge is 0.615 e. The maximum Gasteiger partial charge on any atom is 0.615 e. The van der Waals surface area contributed by atoms with Gasteiger partial charge >= 0.3 is 8.18 Å². The van der Waals surface area contributed by atoms with Crippen molar-refractivity contribution in [3.8, 4) is 0 Å². The van der Waals surface area contributed by atoms with Gasteiger partial charge in [0.15, 0.2) is 0 Å². The molecule has 3 nitrogen and oxygen atoms in total. The minimum Gasteiger partial charge on any atom is -0.133 e. The van der Waals surface area contributed by atoms with Crippen LogP contribution in [0.15, 0.2) is 0 Å². The zero-order valence-electron chi connectivity index (χ0n) is 6.25. The summed E-state index contributed by atoms with van der Waals surface area (Å²) in [5.74, 6) is 0. The number of piperidine rings is 1. The monoisotopic (exact) mass is 162 g/mol. The zero-order valence-corrected chi connectivity index (χ0v) is 7.14. The number of hydrogen-bond acceptors (Lipinski definition) is 2. The minimum atomic E-state index is -1.51. The lowest BCUT2D eigenvalue weighted by atomic mass is 10.2. The Labute approximate surface area is 62.3 Å². The molecule has 0 spiro atoms. The number of rotatable bonds is 2. The summed E-state index contributed by atoms with van der Waals surface area (Å²) in [7, 11) is -0.0198. The lowest BCUT2D eigenvalue weighted by Crippen LogP contribution is -2.22. The molecule has 0 aliphatic carbocycles. The molecule has 1 heterocycles. The highest BCUT2D eigenvalue weighted by Gasteiger charge is 2.29. The highest BCUT2D eigenvalue weighted by atomic mass is 31.1. The van der Waals surface area contributed by atoms with E-state index in [0.29, 0.717) is 0 Å². The first kappa shape index (κ1) is 8.12. The Morgan fingerprint density at radius 2 is 1.90 bits per heavy atom. The first-order valence-electron chi connectivity index (χ1n) is 3.61. The van der Waals surface area contributed by atoms with E-state index < -0.39 is 8.18 Å². The molecule has 0 aromatic heterocycles. The topological polar surface area (TPSA) is 29.5 Å². The van der Waals surface area contributed by atoms with E-state index in [0.717, 1.165) is 25.9 Å². The SMILES string of the molecule is CO[P+](=O)N1CCCCC1. The summed E-state index contributed by atoms with van der Waals surface area (Å²) in [5.41, 5.74) is 0. The molecule has 1 aliphatic rings. The van der Waals surface area contributed by atoms with Crippen molar-refractivity contribution >= 4 is 8.18 Å². The Bertz CT molecular complexity index is 123. The van der Waals surface area contributed by atoms with Crippen molar-refractivity contribution in [1.82, 2.24) is 4.67 Å². The Kier molecular flexibility index (Phi) is 3.26. The van der Waals surface area contributed by atoms with Crippen molar-refractivity contribution < 1.29 is 9.09 Å². The van der Waals surface area contributed by atoms with Crippen LogP contribution in [0.5, 0.6) is 0 Å². The second-order valence-corrected chi connectivity index (χ2v) is 3.84. The number of hydrogen-bond donors (Lipinski definition) is 0. The predicted molar refractivity (Wildman–Crippen MR) is 40.0 cm³/mol. The average molecular weight is 162 g/mol. The van der Waals surface area contributed by atoms with Gasteiger partial charge in [-0.2, -0.15) is 0 Å². The van der Waals surface area contributed by atoms with Crippen LogP contribution in [0, 0.1) is 0 Å². The molecule has 4 heteroatoms. The van der Waals surface area contributed by atoms with Gasteiger partial charge in [0.05, 0.1) is 7.11 Å². The van der Waals surface area contributed by atoms with E-state index in [1.165, 1.54) is 13.5 Å². The van der Waals surface area contributed by atoms with Crippen molar-refractivity contribution in [3.63, 3.8) is 0 Å². The second-order valence-electron chi connectivity index (χ2n) is 2.43. The molecule has 0 saturated carbocycles. The van der Waals surface area contributed by atoms with Crippen LogP contribution in [0.1, 0.15) is 19.3 Å². The fourth-order valence-corrected chi connectivity index (χ4v) is 2.00. The van der Waals surface area contributed by atoms with Crippen molar-refractivity contribution in [1.29, 1.82) is 0 Å². The van der Waals surface area contributed by atoms with E-state index in [1.54, 1.807) is 0 Å². The zero-order chi connectivity index (χ0) is 7.40. The third-order valence-electron chi connectivity index (χ3n) is 1.72. The second kappa shape index (κ2) is 4.02. The van der Waals surface area contributed by atoms with E-state index in [2.05, 4.69) is 0 Å². The fourth-order valence-electron chi connectivity index (χ4n) is 1.16. The van der Waals surface area contributed by atoms with Crippen LogP contribution >= 0.6 is 8.18 Å². The van der Waals surface area contributed by atoms with Gasteiger partial charge < -0.3 is 0 Å². The quantitative estimate of drug-likeness (QED) is 0.579. The molecule has 0 N–H and O–H groups in total. The summed E-state index contributed by atoms with van der Waals surface area (Å²) in [6.45, 7) is 1.87. The Morgan fingerprint density at radius 1 is 1.30 bits per heavy atom. The summed E-state index contributed by atoms with van der Waals surface area (Å²) in [5, 5.41) is 0. The van der Waals surface area contributed by atoms with Crippen LogP contribution in [0.3, 0.4) is 0 Å². The van der Waals surface area contributed by atoms with Gasteiger partial charge in [0.1, 0.15) is 0 Å². The van der Waals surface area contributed by atoms with Crippen molar-refractivity contribution in [2.24, 2.45) is 0 Å². The van der Waals surface area contributed by atoms with E-state index >= 15 is 0 Å². The maximum absolute atomic E-state index is 11.0. The van der Waals surface area contributed by atoms with Gasteiger partial charge in [-0.3, -0.25) is 0 Å². The highest BCUT2D eigenvalue weighted by molar-refractivity contribution is 7.36. The molecule has 0 aromatic rings. The van der Waals surface area contributed by atoms with Gasteiger partial charge in [-0.15, -0.1) is 4.52 Å². The molecule has 0 amide bonds. The molecular weight excluding hydrogens is 149 g/mol. The van der Waals surface area contributed by atoms with Crippen molar-refractivity contribution in [2.45, 2.75) is 19.3 Å². The summed E-state index contributed by atoms with van der Waals surface area (Å²) < 4.78 is 17.6. The molecule has 0 aromatic carbocycles. The summed E-state index contributed by atoms with van der Waals surface area (Å²) >= 11 is 0. The summed E-state index contributed by atoms with van der Waals surface area (Å²) in [6.07, 6.45) is 3.58. The van der Waals surface area contributed by atoms with Crippen LogP contribution in [0.25, 0.3) is 0 Å². The van der Waals surface area contributed by atoms with E-state index in [9.17, 15) is 4.57 Å². The fraction of sp³-hybridized carbons (Fsp3) is 1.00. The molecular formula is C6H13NO2P+. The Hall–Kier alpha value is 0.0200. The minimum absolute atomic E-state index is 0.934. The number of nitrogens with zero attached hydrogens (tertiary/aromatic N) is 1. The van der Waals surface area contributed by atoms with E-state index in [1.807, 2.05) is 4.67 Å². The highest BCUT2D eigenvalue weighted by Crippen LogP contribution is 2.29. The van der Waals surface area contributed by atoms with Gasteiger partial charge in [-0.05, 0) is 17.4 Å². The lowest BCUT2D eigenvalue weighted by molar-refractivity contribution is 0.295. The van der Waals surface area contributed by atoms with Gasteiger partial charge in [0.2, 0.25) is 0 Å². The van der Waals surface area contributed by atoms with E-state index in [4.69, 9.17) is 4.52 Å². The van der Waals surface area contributed by atoms with Crippen LogP contribution < -0.4 is 0 Å².